The van der Waals surface area contributed by atoms with Crippen molar-refractivity contribution in [1.82, 2.24) is 0 Å². The molecule has 0 radical (unpaired) electrons. The lowest BCUT2D eigenvalue weighted by Gasteiger charge is -2.05. The molecular weight excluding hydrogens is 160 g/mol. The number of carbonyl (C=O) groups excluding carboxylic acids is 1. The summed E-state index contributed by atoms with van der Waals surface area (Å²) >= 11 is 5.97. The summed E-state index contributed by atoms with van der Waals surface area (Å²) < 4.78 is 0. The molecule has 1 nitrogen and oxygen atoms in total. The Bertz CT molecular complexity index is 93.6. The van der Waals surface area contributed by atoms with E-state index in [4.69, 9.17) is 11.6 Å². The minimum Gasteiger partial charge on any atom is -0.303 e. The number of alkyl halides is 1. The highest BCUT2D eigenvalue weighted by atomic mass is 35.5. The predicted molar refractivity (Wildman–Crippen MR) is 49.1 cm³/mol. The molecule has 66 valence electrons. The monoisotopic (exact) mass is 176 g/mol. The fourth-order valence-corrected chi connectivity index (χ4v) is 1.42. The number of unbranched alkanes of at least 4 members (excludes halogenated alkanes) is 2. The van der Waals surface area contributed by atoms with Crippen LogP contribution in [0.4, 0.5) is 0 Å². The number of rotatable bonds is 7. The first-order valence-corrected chi connectivity index (χ1v) is 4.82. The van der Waals surface area contributed by atoms with E-state index in [-0.39, 0.29) is 0 Å². The molecule has 0 heterocycles. The Hall–Kier alpha value is -0.0400. The molecule has 0 aliphatic rings. The average Bonchev–Trinajstić information content (AvgIpc) is 1.99. The second-order valence-corrected chi connectivity index (χ2v) is 3.45. The highest BCUT2D eigenvalue weighted by Gasteiger charge is 2.01. The fraction of sp³-hybridized carbons (Fsp3) is 0.889. The van der Waals surface area contributed by atoms with Gasteiger partial charge in [-0.25, -0.2) is 0 Å². The molecule has 0 aromatic carbocycles. The van der Waals surface area contributed by atoms with E-state index in [9.17, 15) is 4.79 Å². The maximum Gasteiger partial charge on any atom is 0.119 e. The number of aldehydes is 1. The van der Waals surface area contributed by atoms with Crippen molar-refractivity contribution in [1.29, 1.82) is 0 Å². The van der Waals surface area contributed by atoms with Crippen molar-refractivity contribution in [3.8, 4) is 0 Å². The summed E-state index contributed by atoms with van der Waals surface area (Å²) in [5.74, 6) is 0. The normalized spacial score (nSPS) is 12.9. The van der Waals surface area contributed by atoms with Crippen LogP contribution >= 0.6 is 11.6 Å². The Morgan fingerprint density at radius 1 is 1.36 bits per heavy atom. The van der Waals surface area contributed by atoms with E-state index in [2.05, 4.69) is 6.92 Å². The lowest BCUT2D eigenvalue weighted by Crippen LogP contribution is -1.97. The van der Waals surface area contributed by atoms with Gasteiger partial charge >= 0.3 is 0 Å². The standard InChI is InChI=1S/C9H17ClO/c1-2-6-9(10)7-4-3-5-8-11/h8-9H,2-7H2,1H3. The average molecular weight is 177 g/mol. The van der Waals surface area contributed by atoms with Gasteiger partial charge in [-0.2, -0.15) is 0 Å². The Kier molecular flexibility index (Phi) is 8.03. The lowest BCUT2D eigenvalue weighted by molar-refractivity contribution is -0.107. The molecule has 0 spiro atoms. The van der Waals surface area contributed by atoms with Crippen molar-refractivity contribution >= 4 is 17.9 Å². The van der Waals surface area contributed by atoms with Gasteiger partial charge in [0.1, 0.15) is 6.29 Å². The third-order valence-corrected chi connectivity index (χ3v) is 2.13. The van der Waals surface area contributed by atoms with Crippen molar-refractivity contribution in [2.45, 2.75) is 50.8 Å². The van der Waals surface area contributed by atoms with Crippen LogP contribution in [-0.2, 0) is 4.79 Å². The molecule has 1 atom stereocenters. The van der Waals surface area contributed by atoms with E-state index >= 15 is 0 Å². The van der Waals surface area contributed by atoms with Gasteiger partial charge in [0, 0.05) is 11.8 Å². The summed E-state index contributed by atoms with van der Waals surface area (Å²) in [4.78, 5) is 9.94. The second-order valence-electron chi connectivity index (χ2n) is 2.84. The first-order valence-electron chi connectivity index (χ1n) is 4.39. The topological polar surface area (TPSA) is 17.1 Å². The van der Waals surface area contributed by atoms with Crippen LogP contribution in [0.3, 0.4) is 0 Å². The quantitative estimate of drug-likeness (QED) is 0.331. The summed E-state index contributed by atoms with van der Waals surface area (Å²) in [5.41, 5.74) is 0. The van der Waals surface area contributed by atoms with Gasteiger partial charge in [0.25, 0.3) is 0 Å². The maximum atomic E-state index is 9.94. The van der Waals surface area contributed by atoms with Crippen molar-refractivity contribution in [3.05, 3.63) is 0 Å². The van der Waals surface area contributed by atoms with Gasteiger partial charge in [-0.1, -0.05) is 19.8 Å². The lowest BCUT2D eigenvalue weighted by atomic mass is 10.1. The molecule has 0 aromatic heterocycles. The highest BCUT2D eigenvalue weighted by Crippen LogP contribution is 2.13. The number of halogens is 1. The first kappa shape index (κ1) is 11.0. The second kappa shape index (κ2) is 8.06. The predicted octanol–water partition coefficient (Wildman–Crippen LogP) is 3.15. The van der Waals surface area contributed by atoms with Crippen molar-refractivity contribution < 1.29 is 4.79 Å². The first-order chi connectivity index (χ1) is 5.31. The van der Waals surface area contributed by atoms with E-state index < -0.39 is 0 Å². The molecule has 0 saturated heterocycles. The summed E-state index contributed by atoms with van der Waals surface area (Å²) in [7, 11) is 0. The minimum absolute atomic E-state index is 0.326. The molecule has 11 heavy (non-hydrogen) atoms. The van der Waals surface area contributed by atoms with Gasteiger partial charge in [0.2, 0.25) is 0 Å². The smallest absolute Gasteiger partial charge is 0.119 e. The van der Waals surface area contributed by atoms with Gasteiger partial charge in [0.15, 0.2) is 0 Å². The Morgan fingerprint density at radius 2 is 2.09 bits per heavy atom. The molecule has 0 saturated carbocycles. The van der Waals surface area contributed by atoms with E-state index in [0.717, 1.165) is 38.4 Å². The molecule has 0 aliphatic heterocycles. The van der Waals surface area contributed by atoms with Crippen LogP contribution in [0, 0.1) is 0 Å². The Balaban J connectivity index is 3.03. The van der Waals surface area contributed by atoms with E-state index in [1.54, 1.807) is 0 Å². The maximum absolute atomic E-state index is 9.94. The third kappa shape index (κ3) is 7.86. The van der Waals surface area contributed by atoms with Gasteiger partial charge in [-0.05, 0) is 19.3 Å². The highest BCUT2D eigenvalue weighted by molar-refractivity contribution is 6.20. The molecular formula is C9H17ClO. The summed E-state index contributed by atoms with van der Waals surface area (Å²) in [6.45, 7) is 2.14. The van der Waals surface area contributed by atoms with Crippen LogP contribution in [0.15, 0.2) is 0 Å². The van der Waals surface area contributed by atoms with Gasteiger partial charge in [-0.3, -0.25) is 0 Å². The summed E-state index contributed by atoms with van der Waals surface area (Å²) in [6, 6.07) is 0. The van der Waals surface area contributed by atoms with Crippen LogP contribution in [-0.4, -0.2) is 11.7 Å². The molecule has 0 aromatic rings. The molecule has 0 N–H and O–H groups in total. The zero-order chi connectivity index (χ0) is 8.53. The van der Waals surface area contributed by atoms with Crippen molar-refractivity contribution in [2.24, 2.45) is 0 Å². The molecule has 0 fully saturated rings. The molecule has 0 aliphatic carbocycles. The Morgan fingerprint density at radius 3 is 2.64 bits per heavy atom. The number of hydrogen-bond donors (Lipinski definition) is 0. The largest absolute Gasteiger partial charge is 0.303 e. The zero-order valence-corrected chi connectivity index (χ0v) is 7.94. The van der Waals surface area contributed by atoms with E-state index in [0.29, 0.717) is 11.8 Å². The molecule has 1 unspecified atom stereocenters. The summed E-state index contributed by atoms with van der Waals surface area (Å²) in [5, 5.41) is 0.326. The minimum atomic E-state index is 0.326. The van der Waals surface area contributed by atoms with Crippen LogP contribution in [0.5, 0.6) is 0 Å². The van der Waals surface area contributed by atoms with Crippen molar-refractivity contribution in [3.63, 3.8) is 0 Å². The van der Waals surface area contributed by atoms with Crippen LogP contribution in [0.25, 0.3) is 0 Å². The molecule has 0 amide bonds. The molecule has 0 bridgehead atoms. The molecule has 2 heteroatoms. The van der Waals surface area contributed by atoms with Gasteiger partial charge < -0.3 is 4.79 Å². The number of hydrogen-bond acceptors (Lipinski definition) is 1. The van der Waals surface area contributed by atoms with Gasteiger partial charge in [0.05, 0.1) is 0 Å². The zero-order valence-electron chi connectivity index (χ0n) is 7.18. The number of carbonyl (C=O) groups is 1. The molecule has 0 rings (SSSR count). The van der Waals surface area contributed by atoms with Crippen LogP contribution in [0.2, 0.25) is 0 Å². The van der Waals surface area contributed by atoms with E-state index in [1.807, 2.05) is 0 Å². The Labute approximate surface area is 74.1 Å². The SMILES string of the molecule is CCCC(Cl)CCCCC=O. The van der Waals surface area contributed by atoms with E-state index in [1.165, 1.54) is 0 Å². The van der Waals surface area contributed by atoms with Crippen molar-refractivity contribution in [2.75, 3.05) is 0 Å². The van der Waals surface area contributed by atoms with Crippen LogP contribution < -0.4 is 0 Å². The van der Waals surface area contributed by atoms with Crippen LogP contribution in [0.1, 0.15) is 45.4 Å². The van der Waals surface area contributed by atoms with Gasteiger partial charge in [-0.15, -0.1) is 11.6 Å². The summed E-state index contributed by atoms with van der Waals surface area (Å²) in [6.07, 6.45) is 7.07. The third-order valence-electron chi connectivity index (χ3n) is 1.69. The fourth-order valence-electron chi connectivity index (χ4n) is 1.05.